The van der Waals surface area contributed by atoms with E-state index in [1.54, 1.807) is 6.92 Å². The summed E-state index contributed by atoms with van der Waals surface area (Å²) >= 11 is 0. The van der Waals surface area contributed by atoms with Crippen LogP contribution in [0.2, 0.25) is 0 Å². The van der Waals surface area contributed by atoms with Crippen LogP contribution in [0, 0.1) is 11.6 Å². The fourth-order valence-electron chi connectivity index (χ4n) is 1.09. The molecule has 4 heteroatoms. The van der Waals surface area contributed by atoms with Crippen molar-refractivity contribution in [2.75, 3.05) is 6.54 Å². The fourth-order valence-corrected chi connectivity index (χ4v) is 1.09. The summed E-state index contributed by atoms with van der Waals surface area (Å²) in [4.78, 5) is 11.1. The lowest BCUT2D eigenvalue weighted by Gasteiger charge is -2.02. The molecule has 0 aliphatic carbocycles. The van der Waals surface area contributed by atoms with Crippen LogP contribution in [0.25, 0.3) is 0 Å². The highest BCUT2D eigenvalue weighted by Gasteiger charge is 2.05. The molecule has 0 saturated carbocycles. The second-order valence-corrected chi connectivity index (χ2v) is 2.88. The van der Waals surface area contributed by atoms with Crippen LogP contribution in [0.4, 0.5) is 8.78 Å². The number of likely N-dealkylation sites (N-methyl/N-ethyl adjacent to an activating group) is 1. The highest BCUT2D eigenvalue weighted by Crippen LogP contribution is 2.08. The first-order valence-corrected chi connectivity index (χ1v) is 4.34. The number of amides is 1. The first-order valence-electron chi connectivity index (χ1n) is 4.34. The first kappa shape index (κ1) is 10.6. The van der Waals surface area contributed by atoms with Gasteiger partial charge in [-0.05, 0) is 24.6 Å². The summed E-state index contributed by atoms with van der Waals surface area (Å²) in [6.45, 7) is 2.33. The minimum Gasteiger partial charge on any atom is -0.356 e. The molecule has 0 bridgehead atoms. The zero-order chi connectivity index (χ0) is 10.6. The van der Waals surface area contributed by atoms with Gasteiger partial charge in [0.2, 0.25) is 5.91 Å². The van der Waals surface area contributed by atoms with Gasteiger partial charge in [0, 0.05) is 6.54 Å². The van der Waals surface area contributed by atoms with Gasteiger partial charge in [0.15, 0.2) is 11.6 Å². The maximum atomic E-state index is 12.7. The van der Waals surface area contributed by atoms with Gasteiger partial charge in [0.1, 0.15) is 0 Å². The average molecular weight is 199 g/mol. The quantitative estimate of drug-likeness (QED) is 0.787. The molecule has 1 aromatic carbocycles. The highest BCUT2D eigenvalue weighted by atomic mass is 19.2. The van der Waals surface area contributed by atoms with Crippen LogP contribution in [0.3, 0.4) is 0 Å². The van der Waals surface area contributed by atoms with Crippen molar-refractivity contribution in [2.24, 2.45) is 0 Å². The zero-order valence-electron chi connectivity index (χ0n) is 7.81. The number of benzene rings is 1. The highest BCUT2D eigenvalue weighted by molar-refractivity contribution is 5.78. The fraction of sp³-hybridized carbons (Fsp3) is 0.300. The Kier molecular flexibility index (Phi) is 3.56. The molecular weight excluding hydrogens is 188 g/mol. The second-order valence-electron chi connectivity index (χ2n) is 2.88. The largest absolute Gasteiger partial charge is 0.356 e. The Hall–Kier alpha value is -1.45. The SMILES string of the molecule is CCNC(=O)Cc1ccc(F)c(F)c1. The Labute approximate surface area is 80.9 Å². The normalized spacial score (nSPS) is 9.93. The summed E-state index contributed by atoms with van der Waals surface area (Å²) in [7, 11) is 0. The van der Waals surface area contributed by atoms with Gasteiger partial charge in [-0.1, -0.05) is 6.07 Å². The van der Waals surface area contributed by atoms with E-state index in [2.05, 4.69) is 5.32 Å². The number of carbonyl (C=O) groups excluding carboxylic acids is 1. The Morgan fingerprint density at radius 3 is 2.64 bits per heavy atom. The number of rotatable bonds is 3. The number of hydrogen-bond donors (Lipinski definition) is 1. The third-order valence-electron chi connectivity index (χ3n) is 1.72. The molecule has 76 valence electrons. The first-order chi connectivity index (χ1) is 6.63. The predicted octanol–water partition coefficient (Wildman–Crippen LogP) is 1.64. The minimum atomic E-state index is -0.924. The Morgan fingerprint density at radius 2 is 2.07 bits per heavy atom. The molecule has 0 aliphatic rings. The van der Waals surface area contributed by atoms with E-state index in [1.165, 1.54) is 6.07 Å². The van der Waals surface area contributed by atoms with Crippen LogP contribution in [0.5, 0.6) is 0 Å². The molecule has 1 N–H and O–H groups in total. The van der Waals surface area contributed by atoms with Crippen molar-refractivity contribution >= 4 is 5.91 Å². The van der Waals surface area contributed by atoms with Crippen LogP contribution < -0.4 is 5.32 Å². The van der Waals surface area contributed by atoms with Crippen LogP contribution in [0.1, 0.15) is 12.5 Å². The van der Waals surface area contributed by atoms with Gasteiger partial charge in [-0.2, -0.15) is 0 Å². The lowest BCUT2D eigenvalue weighted by molar-refractivity contribution is -0.120. The summed E-state index contributed by atoms with van der Waals surface area (Å²) in [6.07, 6.45) is 0.0744. The predicted molar refractivity (Wildman–Crippen MR) is 48.7 cm³/mol. The molecule has 0 radical (unpaired) electrons. The third-order valence-corrected chi connectivity index (χ3v) is 1.72. The average Bonchev–Trinajstić information content (AvgIpc) is 2.12. The topological polar surface area (TPSA) is 29.1 Å². The molecular formula is C10H11F2NO. The van der Waals surface area contributed by atoms with E-state index < -0.39 is 11.6 Å². The maximum Gasteiger partial charge on any atom is 0.224 e. The summed E-state index contributed by atoms with van der Waals surface area (Å²) in [5.74, 6) is -2.02. The standard InChI is InChI=1S/C10H11F2NO/c1-2-13-10(14)6-7-3-4-8(11)9(12)5-7/h3-5H,2,6H2,1H3,(H,13,14). The molecule has 1 aromatic rings. The Morgan fingerprint density at radius 1 is 1.36 bits per heavy atom. The summed E-state index contributed by atoms with van der Waals surface area (Å²) in [5.41, 5.74) is 0.467. The van der Waals surface area contributed by atoms with Crippen molar-refractivity contribution in [2.45, 2.75) is 13.3 Å². The molecule has 14 heavy (non-hydrogen) atoms. The van der Waals surface area contributed by atoms with Crippen molar-refractivity contribution in [3.63, 3.8) is 0 Å². The van der Waals surface area contributed by atoms with Crippen molar-refractivity contribution in [3.05, 3.63) is 35.4 Å². The Balaban J connectivity index is 2.68. The molecule has 2 nitrogen and oxygen atoms in total. The van der Waals surface area contributed by atoms with Crippen molar-refractivity contribution < 1.29 is 13.6 Å². The number of hydrogen-bond acceptors (Lipinski definition) is 1. The monoisotopic (exact) mass is 199 g/mol. The van der Waals surface area contributed by atoms with Gasteiger partial charge < -0.3 is 5.32 Å². The van der Waals surface area contributed by atoms with Crippen LogP contribution in [-0.4, -0.2) is 12.5 Å². The molecule has 1 amide bonds. The van der Waals surface area contributed by atoms with Crippen molar-refractivity contribution in [3.8, 4) is 0 Å². The van der Waals surface area contributed by atoms with E-state index in [9.17, 15) is 13.6 Å². The van der Waals surface area contributed by atoms with E-state index in [-0.39, 0.29) is 12.3 Å². The third kappa shape index (κ3) is 2.80. The van der Waals surface area contributed by atoms with E-state index in [0.717, 1.165) is 12.1 Å². The number of carbonyl (C=O) groups is 1. The second kappa shape index (κ2) is 4.69. The van der Waals surface area contributed by atoms with Crippen molar-refractivity contribution in [1.29, 1.82) is 0 Å². The Bertz CT molecular complexity index is 339. The van der Waals surface area contributed by atoms with Gasteiger partial charge in [-0.25, -0.2) is 8.78 Å². The lowest BCUT2D eigenvalue weighted by atomic mass is 10.1. The minimum absolute atomic E-state index is 0.0744. The summed E-state index contributed by atoms with van der Waals surface area (Å²) < 4.78 is 25.2. The van der Waals surface area contributed by atoms with Gasteiger partial charge >= 0.3 is 0 Å². The van der Waals surface area contributed by atoms with Gasteiger partial charge in [-0.3, -0.25) is 4.79 Å². The molecule has 0 spiro atoms. The van der Waals surface area contributed by atoms with E-state index >= 15 is 0 Å². The van der Waals surface area contributed by atoms with Crippen molar-refractivity contribution in [1.82, 2.24) is 5.32 Å². The van der Waals surface area contributed by atoms with Crippen LogP contribution in [-0.2, 0) is 11.2 Å². The molecule has 0 aromatic heterocycles. The van der Waals surface area contributed by atoms with E-state index in [1.807, 2.05) is 0 Å². The van der Waals surface area contributed by atoms with E-state index in [4.69, 9.17) is 0 Å². The van der Waals surface area contributed by atoms with Gasteiger partial charge in [0.25, 0.3) is 0 Å². The molecule has 0 atom stereocenters. The molecule has 0 unspecified atom stereocenters. The molecule has 1 rings (SSSR count). The smallest absolute Gasteiger partial charge is 0.224 e. The molecule has 0 saturated heterocycles. The summed E-state index contributed by atoms with van der Waals surface area (Å²) in [5, 5.41) is 2.57. The van der Waals surface area contributed by atoms with Gasteiger partial charge in [0.05, 0.1) is 6.42 Å². The summed E-state index contributed by atoms with van der Waals surface area (Å²) in [6, 6.07) is 3.45. The zero-order valence-corrected chi connectivity index (χ0v) is 7.81. The van der Waals surface area contributed by atoms with E-state index in [0.29, 0.717) is 12.1 Å². The maximum absolute atomic E-state index is 12.7. The van der Waals surface area contributed by atoms with Crippen LogP contribution >= 0.6 is 0 Å². The number of halogens is 2. The lowest BCUT2D eigenvalue weighted by Crippen LogP contribution is -2.24. The number of nitrogens with one attached hydrogen (secondary N) is 1. The molecule has 0 heterocycles. The van der Waals surface area contributed by atoms with Gasteiger partial charge in [-0.15, -0.1) is 0 Å². The molecule has 0 fully saturated rings. The van der Waals surface area contributed by atoms with Crippen LogP contribution in [0.15, 0.2) is 18.2 Å². The molecule has 0 aliphatic heterocycles.